The molecule has 0 spiro atoms. The van der Waals surface area contributed by atoms with Gasteiger partial charge in [-0.3, -0.25) is 4.79 Å². The van der Waals surface area contributed by atoms with Crippen LogP contribution < -0.4 is 10.0 Å². The Labute approximate surface area is 158 Å². The first-order valence-corrected chi connectivity index (χ1v) is 11.0. The molecule has 140 valence electrons. The molecular weight excluding hydrogens is 370 g/mol. The highest BCUT2D eigenvalue weighted by Gasteiger charge is 2.19. The Bertz CT molecular complexity index is 810. The van der Waals surface area contributed by atoms with Gasteiger partial charge in [0.05, 0.1) is 4.90 Å². The van der Waals surface area contributed by atoms with E-state index in [0.29, 0.717) is 25.1 Å². The summed E-state index contributed by atoms with van der Waals surface area (Å²) in [5.74, 6) is -0.0525. The normalized spacial score (nSPS) is 15.6. The predicted molar refractivity (Wildman–Crippen MR) is 103 cm³/mol. The maximum atomic E-state index is 12.6. The Morgan fingerprint density at radius 1 is 1.15 bits per heavy atom. The number of nitrogens with one attached hydrogen (secondary N) is 2. The Kier molecular flexibility index (Phi) is 6.42. The molecule has 0 aliphatic carbocycles. The minimum absolute atomic E-state index is 0.0525. The van der Waals surface area contributed by atoms with Gasteiger partial charge in [0.1, 0.15) is 0 Å². The fourth-order valence-corrected chi connectivity index (χ4v) is 4.60. The summed E-state index contributed by atoms with van der Waals surface area (Å²) >= 11 is 1.61. The standard InChI is InChI=1S/C18H23N3O3S2/c22-18(21-12-2-9-19-11-13-21)15-4-6-17(7-5-15)26(23,24)20-10-8-16-3-1-14-25-16/h1,3-7,14,19-20H,2,8-13H2. The molecule has 2 aromatic rings. The van der Waals surface area contributed by atoms with Crippen molar-refractivity contribution in [3.63, 3.8) is 0 Å². The molecule has 8 heteroatoms. The fraction of sp³-hybridized carbons (Fsp3) is 0.389. The van der Waals surface area contributed by atoms with Crippen LogP contribution in [0.2, 0.25) is 0 Å². The third-order valence-electron chi connectivity index (χ3n) is 4.28. The van der Waals surface area contributed by atoms with Gasteiger partial charge in [-0.05, 0) is 55.1 Å². The summed E-state index contributed by atoms with van der Waals surface area (Å²) in [6.45, 7) is 3.44. The first-order chi connectivity index (χ1) is 12.6. The van der Waals surface area contributed by atoms with Crippen molar-refractivity contribution in [3.8, 4) is 0 Å². The SMILES string of the molecule is O=C(c1ccc(S(=O)(=O)NCCc2cccs2)cc1)N1CCCNCC1. The van der Waals surface area contributed by atoms with Crippen LogP contribution in [-0.2, 0) is 16.4 Å². The van der Waals surface area contributed by atoms with Gasteiger partial charge in [0, 0.05) is 36.6 Å². The van der Waals surface area contributed by atoms with E-state index in [0.717, 1.165) is 30.9 Å². The predicted octanol–water partition coefficient (Wildman–Crippen LogP) is 1.70. The zero-order valence-electron chi connectivity index (χ0n) is 14.5. The third kappa shape index (κ3) is 4.91. The zero-order chi connectivity index (χ0) is 18.4. The largest absolute Gasteiger partial charge is 0.337 e. The second-order valence-corrected chi connectivity index (χ2v) is 8.95. The monoisotopic (exact) mass is 393 g/mol. The average Bonchev–Trinajstić information content (AvgIpc) is 3.01. The van der Waals surface area contributed by atoms with E-state index in [9.17, 15) is 13.2 Å². The number of hydrogen-bond donors (Lipinski definition) is 2. The maximum absolute atomic E-state index is 12.6. The molecule has 2 N–H and O–H groups in total. The Balaban J connectivity index is 1.61. The van der Waals surface area contributed by atoms with E-state index < -0.39 is 10.0 Å². The summed E-state index contributed by atoms with van der Waals surface area (Å²) in [5.41, 5.74) is 0.518. The van der Waals surface area contributed by atoms with Crippen LogP contribution in [0.5, 0.6) is 0 Å². The first kappa shape index (κ1) is 19.0. The molecule has 1 aliphatic rings. The van der Waals surface area contributed by atoms with Crippen molar-refractivity contribution in [1.29, 1.82) is 0 Å². The number of carbonyl (C=O) groups excluding carboxylic acids is 1. The van der Waals surface area contributed by atoms with Crippen LogP contribution in [0.4, 0.5) is 0 Å². The summed E-state index contributed by atoms with van der Waals surface area (Å²) in [4.78, 5) is 15.7. The number of hydrogen-bond acceptors (Lipinski definition) is 5. The lowest BCUT2D eigenvalue weighted by Crippen LogP contribution is -2.34. The molecule has 26 heavy (non-hydrogen) atoms. The summed E-state index contributed by atoms with van der Waals surface area (Å²) in [5, 5.41) is 5.23. The fourth-order valence-electron chi connectivity index (χ4n) is 2.85. The highest BCUT2D eigenvalue weighted by Crippen LogP contribution is 2.14. The van der Waals surface area contributed by atoms with E-state index in [1.165, 1.54) is 12.1 Å². The van der Waals surface area contributed by atoms with Crippen LogP contribution in [0.15, 0.2) is 46.7 Å². The lowest BCUT2D eigenvalue weighted by molar-refractivity contribution is 0.0766. The minimum Gasteiger partial charge on any atom is -0.337 e. The molecular formula is C18H23N3O3S2. The molecule has 1 aliphatic heterocycles. The van der Waals surface area contributed by atoms with E-state index in [1.807, 2.05) is 22.4 Å². The van der Waals surface area contributed by atoms with Crippen molar-refractivity contribution in [2.24, 2.45) is 0 Å². The van der Waals surface area contributed by atoms with Crippen LogP contribution in [0.3, 0.4) is 0 Å². The lowest BCUT2D eigenvalue weighted by atomic mass is 10.2. The van der Waals surface area contributed by atoms with Gasteiger partial charge < -0.3 is 10.2 Å². The third-order valence-corrected chi connectivity index (χ3v) is 6.70. The molecule has 1 saturated heterocycles. The highest BCUT2D eigenvalue weighted by atomic mass is 32.2. The first-order valence-electron chi connectivity index (χ1n) is 8.68. The van der Waals surface area contributed by atoms with E-state index >= 15 is 0 Å². The number of thiophene rings is 1. The van der Waals surface area contributed by atoms with E-state index in [1.54, 1.807) is 23.5 Å². The summed E-state index contributed by atoms with van der Waals surface area (Å²) in [6, 6.07) is 10.1. The van der Waals surface area contributed by atoms with Gasteiger partial charge in [-0.2, -0.15) is 0 Å². The van der Waals surface area contributed by atoms with E-state index in [2.05, 4.69) is 10.0 Å². The van der Waals surface area contributed by atoms with Gasteiger partial charge >= 0.3 is 0 Å². The van der Waals surface area contributed by atoms with Crippen LogP contribution in [-0.4, -0.2) is 51.9 Å². The Morgan fingerprint density at radius 3 is 2.69 bits per heavy atom. The molecule has 0 unspecified atom stereocenters. The van der Waals surface area contributed by atoms with Crippen molar-refractivity contribution in [2.75, 3.05) is 32.7 Å². The Hall–Kier alpha value is -1.74. The van der Waals surface area contributed by atoms with Gasteiger partial charge in [-0.15, -0.1) is 11.3 Å². The molecule has 1 aromatic heterocycles. The molecule has 1 amide bonds. The molecule has 3 rings (SSSR count). The number of benzene rings is 1. The van der Waals surface area contributed by atoms with Crippen LogP contribution in [0.1, 0.15) is 21.7 Å². The van der Waals surface area contributed by atoms with Crippen LogP contribution in [0, 0.1) is 0 Å². The topological polar surface area (TPSA) is 78.5 Å². The van der Waals surface area contributed by atoms with Gasteiger partial charge in [-0.25, -0.2) is 13.1 Å². The number of sulfonamides is 1. The maximum Gasteiger partial charge on any atom is 0.253 e. The molecule has 0 bridgehead atoms. The van der Waals surface area contributed by atoms with Crippen molar-refractivity contribution < 1.29 is 13.2 Å². The quantitative estimate of drug-likeness (QED) is 0.783. The van der Waals surface area contributed by atoms with Gasteiger partial charge in [0.15, 0.2) is 0 Å². The van der Waals surface area contributed by atoms with Crippen LogP contribution >= 0.6 is 11.3 Å². The number of amides is 1. The Morgan fingerprint density at radius 2 is 1.96 bits per heavy atom. The molecule has 0 radical (unpaired) electrons. The smallest absolute Gasteiger partial charge is 0.253 e. The van der Waals surface area contributed by atoms with Gasteiger partial charge in [0.25, 0.3) is 5.91 Å². The average molecular weight is 394 g/mol. The molecule has 0 atom stereocenters. The number of rotatable bonds is 6. The summed E-state index contributed by atoms with van der Waals surface area (Å²) in [6.07, 6.45) is 1.59. The minimum atomic E-state index is -3.57. The molecule has 2 heterocycles. The summed E-state index contributed by atoms with van der Waals surface area (Å²) < 4.78 is 27.4. The zero-order valence-corrected chi connectivity index (χ0v) is 16.1. The molecule has 0 saturated carbocycles. The highest BCUT2D eigenvalue weighted by molar-refractivity contribution is 7.89. The molecule has 6 nitrogen and oxygen atoms in total. The van der Waals surface area contributed by atoms with E-state index in [-0.39, 0.29) is 10.8 Å². The molecule has 1 aromatic carbocycles. The lowest BCUT2D eigenvalue weighted by Gasteiger charge is -2.20. The second-order valence-electron chi connectivity index (χ2n) is 6.15. The number of carbonyl (C=O) groups is 1. The van der Waals surface area contributed by atoms with Crippen molar-refractivity contribution >= 4 is 27.3 Å². The van der Waals surface area contributed by atoms with Crippen molar-refractivity contribution in [1.82, 2.24) is 14.9 Å². The van der Waals surface area contributed by atoms with Gasteiger partial charge in [0.2, 0.25) is 10.0 Å². The number of nitrogens with zero attached hydrogens (tertiary/aromatic N) is 1. The second kappa shape index (κ2) is 8.77. The van der Waals surface area contributed by atoms with Crippen molar-refractivity contribution in [2.45, 2.75) is 17.7 Å². The molecule has 1 fully saturated rings. The summed E-state index contributed by atoms with van der Waals surface area (Å²) in [7, 11) is -3.57. The van der Waals surface area contributed by atoms with Crippen molar-refractivity contribution in [3.05, 3.63) is 52.2 Å². The van der Waals surface area contributed by atoms with Gasteiger partial charge in [-0.1, -0.05) is 6.07 Å². The van der Waals surface area contributed by atoms with Crippen LogP contribution in [0.25, 0.3) is 0 Å². The van der Waals surface area contributed by atoms with E-state index in [4.69, 9.17) is 0 Å².